The van der Waals surface area contributed by atoms with Crippen LogP contribution in [0.25, 0.3) is 0 Å². The molecule has 0 unspecified atom stereocenters. The van der Waals surface area contributed by atoms with E-state index in [0.717, 1.165) is 0 Å². The molecule has 0 atom stereocenters. The second-order valence-electron chi connectivity index (χ2n) is 2.44. The number of rotatable bonds is 3. The molecule has 0 aliphatic heterocycles. The first-order valence-corrected chi connectivity index (χ1v) is 2.78. The third-order valence-electron chi connectivity index (χ3n) is 1.27. The standard InChI is InChI=1S/C6H14O2.CH4/c1-6(2,8-3)4-5-7;/h7H,4-5H2,1-3H3;1H4. The van der Waals surface area contributed by atoms with Crippen molar-refractivity contribution < 1.29 is 9.84 Å². The lowest BCUT2D eigenvalue weighted by atomic mass is 10.1. The van der Waals surface area contributed by atoms with Crippen molar-refractivity contribution in [2.45, 2.75) is 33.3 Å². The van der Waals surface area contributed by atoms with E-state index in [4.69, 9.17) is 9.84 Å². The highest BCUT2D eigenvalue weighted by Crippen LogP contribution is 2.10. The van der Waals surface area contributed by atoms with Gasteiger partial charge in [0.05, 0.1) is 5.60 Å². The van der Waals surface area contributed by atoms with Crippen LogP contribution in [0.2, 0.25) is 0 Å². The Morgan fingerprint density at radius 3 is 2.00 bits per heavy atom. The molecule has 0 aromatic rings. The van der Waals surface area contributed by atoms with Crippen LogP contribution in [0.1, 0.15) is 27.7 Å². The van der Waals surface area contributed by atoms with Crippen molar-refractivity contribution in [2.24, 2.45) is 0 Å². The fraction of sp³-hybridized carbons (Fsp3) is 1.00. The predicted molar refractivity (Wildman–Crippen MR) is 39.5 cm³/mol. The number of ether oxygens (including phenoxy) is 1. The van der Waals surface area contributed by atoms with Gasteiger partial charge in [-0.1, -0.05) is 7.43 Å². The molecule has 0 amide bonds. The van der Waals surface area contributed by atoms with Crippen LogP contribution in [0.3, 0.4) is 0 Å². The Bertz CT molecular complexity index is 59.9. The molecule has 0 rings (SSSR count). The average Bonchev–Trinajstić information content (AvgIpc) is 1.67. The van der Waals surface area contributed by atoms with Crippen LogP contribution >= 0.6 is 0 Å². The third-order valence-corrected chi connectivity index (χ3v) is 1.27. The average molecular weight is 134 g/mol. The topological polar surface area (TPSA) is 29.5 Å². The van der Waals surface area contributed by atoms with Crippen LogP contribution in [-0.2, 0) is 4.74 Å². The monoisotopic (exact) mass is 134 g/mol. The molecule has 58 valence electrons. The molecular weight excluding hydrogens is 116 g/mol. The number of aliphatic hydroxyl groups is 1. The molecule has 0 aliphatic carbocycles. The largest absolute Gasteiger partial charge is 0.396 e. The molecule has 0 fully saturated rings. The maximum absolute atomic E-state index is 8.45. The summed E-state index contributed by atoms with van der Waals surface area (Å²) >= 11 is 0. The maximum Gasteiger partial charge on any atom is 0.0644 e. The smallest absolute Gasteiger partial charge is 0.0644 e. The van der Waals surface area contributed by atoms with Crippen molar-refractivity contribution in [2.75, 3.05) is 13.7 Å². The molecule has 0 aromatic carbocycles. The van der Waals surface area contributed by atoms with Crippen molar-refractivity contribution in [1.29, 1.82) is 0 Å². The molecule has 0 saturated carbocycles. The predicted octanol–water partition coefficient (Wildman–Crippen LogP) is 1.43. The SMILES string of the molecule is C.COC(C)(C)CCO. The molecule has 0 heterocycles. The fourth-order valence-corrected chi connectivity index (χ4v) is 0.371. The van der Waals surface area contributed by atoms with Gasteiger partial charge in [0.2, 0.25) is 0 Å². The molecule has 2 heteroatoms. The van der Waals surface area contributed by atoms with Gasteiger partial charge in [0, 0.05) is 13.7 Å². The van der Waals surface area contributed by atoms with E-state index in [1.165, 1.54) is 0 Å². The van der Waals surface area contributed by atoms with E-state index in [2.05, 4.69) is 0 Å². The summed E-state index contributed by atoms with van der Waals surface area (Å²) in [6, 6.07) is 0. The molecule has 1 N–H and O–H groups in total. The van der Waals surface area contributed by atoms with Gasteiger partial charge in [-0.15, -0.1) is 0 Å². The Labute approximate surface area is 57.8 Å². The van der Waals surface area contributed by atoms with Gasteiger partial charge in [-0.2, -0.15) is 0 Å². The van der Waals surface area contributed by atoms with Crippen LogP contribution in [0, 0.1) is 0 Å². The number of hydrogen-bond donors (Lipinski definition) is 1. The van der Waals surface area contributed by atoms with Crippen molar-refractivity contribution in [1.82, 2.24) is 0 Å². The van der Waals surface area contributed by atoms with Gasteiger partial charge in [0.1, 0.15) is 0 Å². The van der Waals surface area contributed by atoms with E-state index in [1.807, 2.05) is 13.8 Å². The molecule has 0 saturated heterocycles. The fourth-order valence-electron chi connectivity index (χ4n) is 0.371. The van der Waals surface area contributed by atoms with Gasteiger partial charge in [0.25, 0.3) is 0 Å². The summed E-state index contributed by atoms with van der Waals surface area (Å²) in [5.74, 6) is 0. The second-order valence-corrected chi connectivity index (χ2v) is 2.44. The zero-order valence-corrected chi connectivity index (χ0v) is 5.77. The van der Waals surface area contributed by atoms with E-state index in [-0.39, 0.29) is 19.6 Å². The quantitative estimate of drug-likeness (QED) is 0.632. The Morgan fingerprint density at radius 2 is 1.89 bits per heavy atom. The highest BCUT2D eigenvalue weighted by molar-refractivity contribution is 4.65. The number of aliphatic hydroxyl groups excluding tert-OH is 1. The Kier molecular flexibility index (Phi) is 6.19. The third kappa shape index (κ3) is 5.80. The first-order chi connectivity index (χ1) is 3.62. The van der Waals surface area contributed by atoms with Crippen LogP contribution in [0.5, 0.6) is 0 Å². The second kappa shape index (κ2) is 4.77. The van der Waals surface area contributed by atoms with Crippen molar-refractivity contribution >= 4 is 0 Å². The van der Waals surface area contributed by atoms with Gasteiger partial charge >= 0.3 is 0 Å². The molecule has 0 spiro atoms. The lowest BCUT2D eigenvalue weighted by Gasteiger charge is -2.20. The van der Waals surface area contributed by atoms with Crippen LogP contribution in [-0.4, -0.2) is 24.4 Å². The zero-order chi connectivity index (χ0) is 6.62. The van der Waals surface area contributed by atoms with Gasteiger partial charge < -0.3 is 9.84 Å². The maximum atomic E-state index is 8.45. The first kappa shape index (κ1) is 11.7. The van der Waals surface area contributed by atoms with E-state index >= 15 is 0 Å². The molecule has 0 aromatic heterocycles. The summed E-state index contributed by atoms with van der Waals surface area (Å²) in [5, 5.41) is 8.45. The van der Waals surface area contributed by atoms with Crippen molar-refractivity contribution in [3.05, 3.63) is 0 Å². The first-order valence-electron chi connectivity index (χ1n) is 2.78. The summed E-state index contributed by atoms with van der Waals surface area (Å²) in [6.07, 6.45) is 0.698. The Morgan fingerprint density at radius 1 is 1.44 bits per heavy atom. The number of methoxy groups -OCH3 is 1. The van der Waals surface area contributed by atoms with Crippen molar-refractivity contribution in [3.63, 3.8) is 0 Å². The molecule has 0 aliphatic rings. The lowest BCUT2D eigenvalue weighted by Crippen LogP contribution is -2.23. The normalized spacial score (nSPS) is 10.7. The summed E-state index contributed by atoms with van der Waals surface area (Å²) in [5.41, 5.74) is -0.158. The highest BCUT2D eigenvalue weighted by atomic mass is 16.5. The van der Waals surface area contributed by atoms with Crippen LogP contribution < -0.4 is 0 Å². The van der Waals surface area contributed by atoms with Gasteiger partial charge in [-0.05, 0) is 20.3 Å². The minimum absolute atomic E-state index is 0. The van der Waals surface area contributed by atoms with Gasteiger partial charge in [-0.25, -0.2) is 0 Å². The van der Waals surface area contributed by atoms with E-state index in [1.54, 1.807) is 7.11 Å². The molecule has 2 nitrogen and oxygen atoms in total. The molecule has 9 heavy (non-hydrogen) atoms. The van der Waals surface area contributed by atoms with Crippen LogP contribution in [0.4, 0.5) is 0 Å². The molecular formula is C7H18O2. The summed E-state index contributed by atoms with van der Waals surface area (Å²) < 4.78 is 5.02. The number of hydrogen-bond acceptors (Lipinski definition) is 2. The molecule has 0 radical (unpaired) electrons. The van der Waals surface area contributed by atoms with Gasteiger partial charge in [0.15, 0.2) is 0 Å². The van der Waals surface area contributed by atoms with Crippen molar-refractivity contribution in [3.8, 4) is 0 Å². The van der Waals surface area contributed by atoms with Crippen LogP contribution in [0.15, 0.2) is 0 Å². The zero-order valence-electron chi connectivity index (χ0n) is 5.77. The molecule has 0 bridgehead atoms. The Hall–Kier alpha value is -0.0800. The lowest BCUT2D eigenvalue weighted by molar-refractivity contribution is 0.00293. The summed E-state index contributed by atoms with van der Waals surface area (Å²) in [6.45, 7) is 4.09. The highest BCUT2D eigenvalue weighted by Gasteiger charge is 2.13. The summed E-state index contributed by atoms with van der Waals surface area (Å²) in [7, 11) is 1.65. The van der Waals surface area contributed by atoms with E-state index in [0.29, 0.717) is 6.42 Å². The minimum Gasteiger partial charge on any atom is -0.396 e. The summed E-state index contributed by atoms with van der Waals surface area (Å²) in [4.78, 5) is 0. The minimum atomic E-state index is -0.158. The Balaban J connectivity index is 0. The van der Waals surface area contributed by atoms with E-state index in [9.17, 15) is 0 Å². The van der Waals surface area contributed by atoms with E-state index < -0.39 is 0 Å². The van der Waals surface area contributed by atoms with Gasteiger partial charge in [-0.3, -0.25) is 0 Å².